The van der Waals surface area contributed by atoms with Crippen LogP contribution in [0.2, 0.25) is 0 Å². The van der Waals surface area contributed by atoms with E-state index in [4.69, 9.17) is 0 Å². The van der Waals surface area contributed by atoms with Gasteiger partial charge in [-0.25, -0.2) is 9.00 Å². The first kappa shape index (κ1) is 16.2. The molecule has 0 fully saturated rings. The largest absolute Gasteiger partial charge is 0.474 e. The topological polar surface area (TPSA) is 72.8 Å². The molecule has 9 heteroatoms. The number of methoxy groups -OCH3 is 1. The summed E-state index contributed by atoms with van der Waals surface area (Å²) < 4.78 is 55.5. The van der Waals surface area contributed by atoms with E-state index in [1.165, 1.54) is 18.2 Å². The summed E-state index contributed by atoms with van der Waals surface area (Å²) in [6, 6.07) is 4.91. The lowest BCUT2D eigenvalue weighted by atomic mass is 10.2. The van der Waals surface area contributed by atoms with Gasteiger partial charge in [-0.3, -0.25) is 4.79 Å². The Labute approximate surface area is 112 Å². The molecule has 1 atom stereocenters. The second-order valence-corrected chi connectivity index (χ2v) is 5.98. The highest BCUT2D eigenvalue weighted by atomic mass is 32.2. The second kappa shape index (κ2) is 5.61. The molecule has 1 rings (SSSR count). The van der Waals surface area contributed by atoms with E-state index < -0.39 is 27.8 Å². The van der Waals surface area contributed by atoms with Crippen LogP contribution in [0.15, 0.2) is 33.5 Å². The number of hydrogen-bond acceptors (Lipinski definition) is 4. The van der Waals surface area contributed by atoms with Crippen molar-refractivity contribution < 1.29 is 31.7 Å². The summed E-state index contributed by atoms with van der Waals surface area (Å²) in [5, 5.41) is 0. The molecule has 0 aliphatic carbocycles. The van der Waals surface area contributed by atoms with Crippen molar-refractivity contribution in [2.45, 2.75) is 11.1 Å². The lowest BCUT2D eigenvalue weighted by Crippen LogP contribution is -2.22. The Hall–Kier alpha value is -1.90. The Balaban J connectivity index is 3.30. The van der Waals surface area contributed by atoms with Crippen molar-refractivity contribution in [1.82, 2.24) is 0 Å². The average Bonchev–Trinajstić information content (AvgIpc) is 2.36. The van der Waals surface area contributed by atoms with Crippen LogP contribution < -0.4 is 0 Å². The Kier molecular flexibility index (Phi) is 4.53. The maximum atomic E-state index is 12.1. The third kappa shape index (κ3) is 3.80. The van der Waals surface area contributed by atoms with E-state index in [9.17, 15) is 27.0 Å². The Morgan fingerprint density at radius 3 is 2.40 bits per heavy atom. The minimum atomic E-state index is -5.20. The second-order valence-electron chi connectivity index (χ2n) is 3.72. The van der Waals surface area contributed by atoms with Crippen molar-refractivity contribution in [2.24, 2.45) is 4.36 Å². The number of ether oxygens (including phenoxy) is 1. The number of amides is 1. The molecular formula is C11H10F3NO4S. The van der Waals surface area contributed by atoms with Crippen molar-refractivity contribution in [1.29, 1.82) is 0 Å². The van der Waals surface area contributed by atoms with Gasteiger partial charge in [-0.1, -0.05) is 6.07 Å². The Bertz CT molecular complexity index is 660. The van der Waals surface area contributed by atoms with Crippen molar-refractivity contribution in [2.75, 3.05) is 13.4 Å². The number of benzene rings is 1. The molecule has 0 N–H and O–H groups in total. The molecule has 20 heavy (non-hydrogen) atoms. The quantitative estimate of drug-likeness (QED) is 0.783. The molecule has 1 aromatic rings. The number of nitrogens with zero attached hydrogens (tertiary/aromatic N) is 1. The predicted octanol–water partition coefficient (Wildman–Crippen LogP) is 2.02. The van der Waals surface area contributed by atoms with E-state index >= 15 is 0 Å². The lowest BCUT2D eigenvalue weighted by molar-refractivity contribution is -0.169. The molecule has 1 amide bonds. The SMILES string of the molecule is COC(=O)c1cccc(S(C)(=O)=NC(=O)C(F)(F)F)c1. The number of carbonyl (C=O) groups excluding carboxylic acids is 2. The summed E-state index contributed by atoms with van der Waals surface area (Å²) >= 11 is 0. The fourth-order valence-electron chi connectivity index (χ4n) is 1.24. The van der Waals surface area contributed by atoms with E-state index in [2.05, 4.69) is 9.10 Å². The molecule has 0 aliphatic rings. The van der Waals surface area contributed by atoms with Gasteiger partial charge in [0.15, 0.2) is 0 Å². The van der Waals surface area contributed by atoms with E-state index in [-0.39, 0.29) is 10.5 Å². The number of alkyl halides is 3. The number of esters is 1. The highest BCUT2D eigenvalue weighted by Gasteiger charge is 2.39. The Morgan fingerprint density at radius 2 is 1.90 bits per heavy atom. The molecule has 1 aromatic carbocycles. The summed E-state index contributed by atoms with van der Waals surface area (Å²) in [6.07, 6.45) is -4.31. The van der Waals surface area contributed by atoms with Crippen LogP contribution in [-0.4, -0.2) is 35.6 Å². The van der Waals surface area contributed by atoms with Gasteiger partial charge in [-0.05, 0) is 18.2 Å². The van der Waals surface area contributed by atoms with Crippen molar-refractivity contribution >= 4 is 21.6 Å². The molecule has 110 valence electrons. The summed E-state index contributed by atoms with van der Waals surface area (Å²) in [6.45, 7) is 0. The molecule has 5 nitrogen and oxygen atoms in total. The fraction of sp³-hybridized carbons (Fsp3) is 0.273. The third-order valence-electron chi connectivity index (χ3n) is 2.19. The van der Waals surface area contributed by atoms with Gasteiger partial charge in [-0.2, -0.15) is 13.2 Å². The molecule has 0 spiro atoms. The average molecular weight is 309 g/mol. The van der Waals surface area contributed by atoms with Crippen LogP contribution in [0.3, 0.4) is 0 Å². The van der Waals surface area contributed by atoms with Crippen molar-refractivity contribution in [3.8, 4) is 0 Å². The van der Waals surface area contributed by atoms with Crippen molar-refractivity contribution in [3.05, 3.63) is 29.8 Å². The number of halogens is 3. The first-order valence-electron chi connectivity index (χ1n) is 5.09. The molecule has 0 heterocycles. The maximum Gasteiger partial charge on any atom is 0.474 e. The van der Waals surface area contributed by atoms with Crippen LogP contribution >= 0.6 is 0 Å². The highest BCUT2D eigenvalue weighted by molar-refractivity contribution is 7.93. The van der Waals surface area contributed by atoms with E-state index in [1.807, 2.05) is 0 Å². The number of carbonyl (C=O) groups is 2. The molecular weight excluding hydrogens is 299 g/mol. The van der Waals surface area contributed by atoms with Crippen LogP contribution in [0, 0.1) is 0 Å². The molecule has 0 bridgehead atoms. The summed E-state index contributed by atoms with van der Waals surface area (Å²) in [7, 11) is -2.49. The highest BCUT2D eigenvalue weighted by Crippen LogP contribution is 2.20. The van der Waals surface area contributed by atoms with Gasteiger partial charge in [0, 0.05) is 11.2 Å². The normalized spacial score (nSPS) is 14.2. The van der Waals surface area contributed by atoms with Crippen LogP contribution in [0.25, 0.3) is 0 Å². The van der Waals surface area contributed by atoms with Gasteiger partial charge >= 0.3 is 18.1 Å². The molecule has 0 aliphatic heterocycles. The fourth-order valence-corrected chi connectivity index (χ4v) is 2.44. The van der Waals surface area contributed by atoms with E-state index in [0.717, 1.165) is 19.4 Å². The van der Waals surface area contributed by atoms with Crippen molar-refractivity contribution in [3.63, 3.8) is 0 Å². The lowest BCUT2D eigenvalue weighted by Gasteiger charge is -2.07. The van der Waals surface area contributed by atoms with Crippen LogP contribution in [0.4, 0.5) is 13.2 Å². The van der Waals surface area contributed by atoms with Gasteiger partial charge in [0.25, 0.3) is 0 Å². The summed E-state index contributed by atoms with van der Waals surface area (Å²) in [4.78, 5) is 21.9. The van der Waals surface area contributed by atoms with Gasteiger partial charge in [0.1, 0.15) is 0 Å². The minimum absolute atomic E-state index is 0.00534. The van der Waals surface area contributed by atoms with Crippen LogP contribution in [-0.2, 0) is 19.3 Å². The molecule has 0 saturated carbocycles. The third-order valence-corrected chi connectivity index (χ3v) is 3.83. The zero-order valence-electron chi connectivity index (χ0n) is 10.4. The van der Waals surface area contributed by atoms with Gasteiger partial charge in [0.2, 0.25) is 0 Å². The first-order chi connectivity index (χ1) is 9.08. The minimum Gasteiger partial charge on any atom is -0.465 e. The molecule has 0 radical (unpaired) electrons. The summed E-state index contributed by atoms with van der Waals surface area (Å²) in [5.41, 5.74) is -0.00534. The molecule has 0 aromatic heterocycles. The monoisotopic (exact) mass is 309 g/mol. The van der Waals surface area contributed by atoms with Crippen LogP contribution in [0.5, 0.6) is 0 Å². The number of hydrogen-bond donors (Lipinski definition) is 0. The van der Waals surface area contributed by atoms with Crippen LogP contribution in [0.1, 0.15) is 10.4 Å². The molecule has 0 saturated heterocycles. The molecule has 1 unspecified atom stereocenters. The van der Waals surface area contributed by atoms with E-state index in [1.54, 1.807) is 0 Å². The Morgan fingerprint density at radius 1 is 1.30 bits per heavy atom. The number of rotatable bonds is 2. The van der Waals surface area contributed by atoms with Gasteiger partial charge in [0.05, 0.1) is 22.4 Å². The van der Waals surface area contributed by atoms with Gasteiger partial charge in [-0.15, -0.1) is 4.36 Å². The zero-order chi connectivity index (χ0) is 15.6. The van der Waals surface area contributed by atoms with Gasteiger partial charge < -0.3 is 4.74 Å². The van der Waals surface area contributed by atoms with E-state index in [0.29, 0.717) is 0 Å². The summed E-state index contributed by atoms with van der Waals surface area (Å²) in [5.74, 6) is -3.18. The maximum absolute atomic E-state index is 12.1. The first-order valence-corrected chi connectivity index (χ1v) is 7.02. The predicted molar refractivity (Wildman–Crippen MR) is 63.6 cm³/mol. The standard InChI is InChI=1S/C11H10F3NO4S/c1-19-9(16)7-4-3-5-8(6-7)20(2,18)15-10(17)11(12,13)14/h3-6H,1-2H3. The smallest absolute Gasteiger partial charge is 0.465 e. The zero-order valence-corrected chi connectivity index (χ0v) is 11.2.